The van der Waals surface area contributed by atoms with Gasteiger partial charge in [-0.3, -0.25) is 5.32 Å². The molecule has 1 aliphatic rings. The minimum Gasteiger partial charge on any atom is -0.366 e. The molecule has 3 rings (SSSR count). The Morgan fingerprint density at radius 2 is 1.58 bits per heavy atom. The van der Waals surface area contributed by atoms with Crippen molar-refractivity contribution in [1.82, 2.24) is 5.32 Å². The molecule has 7 heteroatoms. The molecule has 0 unspecified atom stereocenters. The third-order valence-corrected chi connectivity index (χ3v) is 4.95. The summed E-state index contributed by atoms with van der Waals surface area (Å²) in [5, 5.41) is 12.1. The van der Waals surface area contributed by atoms with Crippen molar-refractivity contribution in [3.63, 3.8) is 0 Å². The molecule has 2 aromatic carbocycles. The van der Waals surface area contributed by atoms with Crippen LogP contribution in [-0.2, 0) is 11.3 Å². The Hall–Kier alpha value is -2.30. The molecular formula is C19H17F3N3Si. The van der Waals surface area contributed by atoms with E-state index in [1.165, 1.54) is 12.1 Å². The first-order valence-electron chi connectivity index (χ1n) is 8.09. The first-order valence-corrected chi connectivity index (χ1v) is 8.59. The minimum atomic E-state index is -4.37. The quantitative estimate of drug-likeness (QED) is 0.836. The summed E-state index contributed by atoms with van der Waals surface area (Å²) in [5.41, 5.74) is 0.174. The van der Waals surface area contributed by atoms with Gasteiger partial charge < -0.3 is 4.90 Å². The highest BCUT2D eigenvalue weighted by Crippen LogP contribution is 2.33. The van der Waals surface area contributed by atoms with Crippen molar-refractivity contribution in [2.75, 3.05) is 18.0 Å². The number of para-hydroxylation sites is 1. The predicted molar refractivity (Wildman–Crippen MR) is 94.7 cm³/mol. The van der Waals surface area contributed by atoms with Crippen molar-refractivity contribution in [3.05, 3.63) is 65.7 Å². The summed E-state index contributed by atoms with van der Waals surface area (Å²) in [6.45, 7) is 2.78. The van der Waals surface area contributed by atoms with Gasteiger partial charge in [-0.15, -0.1) is 0 Å². The van der Waals surface area contributed by atoms with Crippen molar-refractivity contribution < 1.29 is 13.2 Å². The summed E-state index contributed by atoms with van der Waals surface area (Å²) in [5.74, 6) is 0. The topological polar surface area (TPSA) is 39.1 Å². The standard InChI is InChI=1S/C19H17F3N3Si/c1-17(26,14-7-9-15(10-8-14)19(20,21)22)24-18(11-23)12-25(13-18)16-5-3-2-4-6-16/h2-10,24H,12-13H2,1H3/t17-/m0/s1. The number of anilines is 1. The number of alkyl halides is 3. The van der Waals surface area contributed by atoms with Gasteiger partial charge in [-0.25, -0.2) is 0 Å². The summed E-state index contributed by atoms with van der Waals surface area (Å²) in [6, 6.07) is 17.0. The first kappa shape index (κ1) is 18.5. The normalized spacial score (nSPS) is 18.5. The zero-order chi connectivity index (χ0) is 19.0. The van der Waals surface area contributed by atoms with Crippen molar-refractivity contribution in [1.29, 1.82) is 5.26 Å². The maximum atomic E-state index is 12.7. The lowest BCUT2D eigenvalue weighted by molar-refractivity contribution is -0.137. The van der Waals surface area contributed by atoms with Crippen molar-refractivity contribution in [2.24, 2.45) is 0 Å². The Labute approximate surface area is 153 Å². The average Bonchev–Trinajstić information content (AvgIpc) is 2.58. The van der Waals surface area contributed by atoms with Gasteiger partial charge in [0.25, 0.3) is 0 Å². The SMILES string of the molecule is C[C@@]([Si])(NC1(C#N)CN(c2ccccc2)C1)c1ccc(C(F)(F)F)cc1. The zero-order valence-corrected chi connectivity index (χ0v) is 15.1. The van der Waals surface area contributed by atoms with Gasteiger partial charge in [0.1, 0.15) is 5.54 Å². The Morgan fingerprint density at radius 1 is 1.04 bits per heavy atom. The number of nitrogens with zero attached hydrogens (tertiary/aromatic N) is 2. The maximum absolute atomic E-state index is 12.7. The smallest absolute Gasteiger partial charge is 0.366 e. The summed E-state index contributed by atoms with van der Waals surface area (Å²) in [4.78, 5) is 2.07. The molecule has 3 radical (unpaired) electrons. The van der Waals surface area contributed by atoms with E-state index in [9.17, 15) is 18.4 Å². The molecule has 0 saturated carbocycles. The number of hydrogen-bond acceptors (Lipinski definition) is 3. The van der Waals surface area contributed by atoms with Crippen LogP contribution in [0.5, 0.6) is 0 Å². The molecule has 0 amide bonds. The molecule has 1 heterocycles. The second-order valence-electron chi connectivity index (χ2n) is 6.71. The van der Waals surface area contributed by atoms with Crippen LogP contribution in [0.4, 0.5) is 18.9 Å². The molecule has 26 heavy (non-hydrogen) atoms. The molecule has 133 valence electrons. The van der Waals surface area contributed by atoms with Gasteiger partial charge >= 0.3 is 6.18 Å². The molecule has 1 atom stereocenters. The lowest BCUT2D eigenvalue weighted by atomic mass is 9.88. The number of nitriles is 1. The van der Waals surface area contributed by atoms with E-state index in [0.29, 0.717) is 18.7 Å². The average molecular weight is 372 g/mol. The van der Waals surface area contributed by atoms with Crippen LogP contribution in [0.25, 0.3) is 0 Å². The molecule has 2 aromatic rings. The first-order chi connectivity index (χ1) is 12.2. The fourth-order valence-corrected chi connectivity index (χ4v) is 3.55. The van der Waals surface area contributed by atoms with E-state index in [2.05, 4.69) is 26.5 Å². The third-order valence-electron chi connectivity index (χ3n) is 4.54. The van der Waals surface area contributed by atoms with Crippen LogP contribution in [0.1, 0.15) is 18.1 Å². The predicted octanol–water partition coefficient (Wildman–Crippen LogP) is 3.42. The minimum absolute atomic E-state index is 0.494. The van der Waals surface area contributed by atoms with E-state index in [0.717, 1.165) is 17.8 Å². The van der Waals surface area contributed by atoms with E-state index in [1.54, 1.807) is 6.92 Å². The van der Waals surface area contributed by atoms with Gasteiger partial charge in [0.15, 0.2) is 0 Å². The monoisotopic (exact) mass is 372 g/mol. The van der Waals surface area contributed by atoms with Crippen molar-refractivity contribution in [2.45, 2.75) is 23.8 Å². The molecule has 0 aromatic heterocycles. The van der Waals surface area contributed by atoms with Gasteiger partial charge in [0, 0.05) is 10.8 Å². The highest BCUT2D eigenvalue weighted by atomic mass is 28.1. The van der Waals surface area contributed by atoms with Crippen LogP contribution in [0.15, 0.2) is 54.6 Å². The number of benzene rings is 2. The largest absolute Gasteiger partial charge is 0.416 e. The lowest BCUT2D eigenvalue weighted by Gasteiger charge is -2.50. The molecular weight excluding hydrogens is 355 g/mol. The molecule has 0 aliphatic carbocycles. The van der Waals surface area contributed by atoms with Gasteiger partial charge in [0.05, 0.1) is 35.0 Å². The molecule has 0 spiro atoms. The van der Waals surface area contributed by atoms with Crippen LogP contribution in [0.2, 0.25) is 0 Å². The summed E-state index contributed by atoms with van der Waals surface area (Å²) >= 11 is 0. The summed E-state index contributed by atoms with van der Waals surface area (Å²) < 4.78 is 38.2. The molecule has 3 nitrogen and oxygen atoms in total. The second-order valence-corrected chi connectivity index (χ2v) is 7.71. The maximum Gasteiger partial charge on any atom is 0.416 e. The van der Waals surface area contributed by atoms with Gasteiger partial charge in [-0.1, -0.05) is 30.3 Å². The third kappa shape index (κ3) is 3.62. The van der Waals surface area contributed by atoms with Gasteiger partial charge in [0.2, 0.25) is 0 Å². The highest BCUT2D eigenvalue weighted by Gasteiger charge is 2.47. The fourth-order valence-electron chi connectivity index (χ4n) is 3.15. The van der Waals surface area contributed by atoms with E-state index >= 15 is 0 Å². The van der Waals surface area contributed by atoms with E-state index in [-0.39, 0.29) is 0 Å². The van der Waals surface area contributed by atoms with E-state index in [1.807, 2.05) is 30.3 Å². The molecule has 1 N–H and O–H groups in total. The Kier molecular flexibility index (Phi) is 4.59. The molecule has 1 aliphatic heterocycles. The highest BCUT2D eigenvalue weighted by molar-refractivity contribution is 6.15. The van der Waals surface area contributed by atoms with Crippen LogP contribution >= 0.6 is 0 Å². The van der Waals surface area contributed by atoms with Crippen LogP contribution in [-0.4, -0.2) is 28.9 Å². The molecule has 1 fully saturated rings. The Balaban J connectivity index is 1.73. The van der Waals surface area contributed by atoms with Crippen molar-refractivity contribution >= 4 is 15.9 Å². The van der Waals surface area contributed by atoms with Crippen LogP contribution in [0, 0.1) is 11.3 Å². The van der Waals surface area contributed by atoms with Crippen LogP contribution in [0.3, 0.4) is 0 Å². The Bertz CT molecular complexity index is 805. The van der Waals surface area contributed by atoms with Crippen LogP contribution < -0.4 is 10.2 Å². The van der Waals surface area contributed by atoms with E-state index < -0.39 is 22.4 Å². The molecule has 0 bridgehead atoms. The Morgan fingerprint density at radius 3 is 2.08 bits per heavy atom. The van der Waals surface area contributed by atoms with Gasteiger partial charge in [-0.05, 0) is 36.8 Å². The summed E-state index contributed by atoms with van der Waals surface area (Å²) in [6.07, 6.45) is -4.37. The lowest BCUT2D eigenvalue weighted by Crippen LogP contribution is -2.72. The number of hydrogen-bond donors (Lipinski definition) is 1. The zero-order valence-electron chi connectivity index (χ0n) is 14.1. The number of rotatable bonds is 4. The second kappa shape index (κ2) is 6.45. The number of nitrogens with one attached hydrogen (secondary N) is 1. The van der Waals surface area contributed by atoms with Gasteiger partial charge in [-0.2, -0.15) is 18.4 Å². The number of halogens is 3. The van der Waals surface area contributed by atoms with E-state index in [4.69, 9.17) is 0 Å². The molecule has 1 saturated heterocycles. The fraction of sp³-hybridized carbons (Fsp3) is 0.316. The summed E-state index contributed by atoms with van der Waals surface area (Å²) in [7, 11) is 3.59. The van der Waals surface area contributed by atoms with Crippen molar-refractivity contribution in [3.8, 4) is 6.07 Å².